The first-order valence-corrected chi connectivity index (χ1v) is 8.26. The minimum absolute atomic E-state index is 0.0479. The second-order valence-electron chi connectivity index (χ2n) is 6.06. The van der Waals surface area contributed by atoms with Gasteiger partial charge in [0.05, 0.1) is 23.0 Å². The first kappa shape index (κ1) is 16.8. The topological polar surface area (TPSA) is 54.6 Å². The minimum Gasteiger partial charge on any atom is -0.478 e. The predicted molar refractivity (Wildman–Crippen MR) is 96.4 cm³/mol. The van der Waals surface area contributed by atoms with E-state index in [0.29, 0.717) is 10.0 Å². The molecule has 0 saturated heterocycles. The Morgan fingerprint density at radius 1 is 1.17 bits per heavy atom. The first-order chi connectivity index (χ1) is 11.3. The number of rotatable bonds is 3. The van der Waals surface area contributed by atoms with Crippen LogP contribution in [0.3, 0.4) is 0 Å². The molecule has 0 bridgehead atoms. The van der Waals surface area contributed by atoms with Crippen molar-refractivity contribution in [1.29, 1.82) is 0 Å². The SMILES string of the molecule is Cc1cc2c(C(C)C)c(C(=O)O)cnn2c1-c1cc(Cl)cc(Cl)c1. The molecule has 0 saturated carbocycles. The number of nitrogens with zero attached hydrogens (tertiary/aromatic N) is 2. The predicted octanol–water partition coefficient (Wildman–Crippen LogP) is 5.44. The molecule has 2 heterocycles. The van der Waals surface area contributed by atoms with Crippen molar-refractivity contribution in [1.82, 2.24) is 9.61 Å². The van der Waals surface area contributed by atoms with Crippen LogP contribution in [0.2, 0.25) is 10.0 Å². The lowest BCUT2D eigenvalue weighted by atomic mass is 9.98. The summed E-state index contributed by atoms with van der Waals surface area (Å²) in [6.07, 6.45) is 1.40. The third kappa shape index (κ3) is 2.76. The van der Waals surface area contributed by atoms with Gasteiger partial charge in [-0.3, -0.25) is 0 Å². The van der Waals surface area contributed by atoms with Crippen LogP contribution >= 0.6 is 23.2 Å². The molecule has 0 aliphatic carbocycles. The molecule has 0 amide bonds. The van der Waals surface area contributed by atoms with Gasteiger partial charge in [0.2, 0.25) is 0 Å². The number of benzene rings is 1. The van der Waals surface area contributed by atoms with Gasteiger partial charge < -0.3 is 5.11 Å². The number of fused-ring (bicyclic) bond motifs is 1. The van der Waals surface area contributed by atoms with E-state index in [4.69, 9.17) is 23.2 Å². The maximum Gasteiger partial charge on any atom is 0.337 e. The average molecular weight is 363 g/mol. The summed E-state index contributed by atoms with van der Waals surface area (Å²) in [6.45, 7) is 5.91. The molecule has 3 rings (SSSR count). The van der Waals surface area contributed by atoms with Gasteiger partial charge in [0, 0.05) is 15.6 Å². The van der Waals surface area contributed by atoms with Crippen LogP contribution in [0.1, 0.15) is 41.3 Å². The lowest BCUT2D eigenvalue weighted by molar-refractivity contribution is 0.0694. The molecule has 0 unspecified atom stereocenters. The lowest BCUT2D eigenvalue weighted by Crippen LogP contribution is -2.09. The zero-order chi connectivity index (χ0) is 17.6. The molecule has 6 heteroatoms. The third-order valence-electron chi connectivity index (χ3n) is 3.98. The Hall–Kier alpha value is -2.04. The number of carbonyl (C=O) groups is 1. The summed E-state index contributed by atoms with van der Waals surface area (Å²) in [5.74, 6) is -0.924. The second-order valence-corrected chi connectivity index (χ2v) is 6.94. The highest BCUT2D eigenvalue weighted by atomic mass is 35.5. The van der Waals surface area contributed by atoms with Crippen molar-refractivity contribution < 1.29 is 9.90 Å². The van der Waals surface area contributed by atoms with Crippen molar-refractivity contribution in [3.8, 4) is 11.3 Å². The van der Waals surface area contributed by atoms with Crippen molar-refractivity contribution >= 4 is 34.7 Å². The number of aromatic carboxylic acids is 1. The van der Waals surface area contributed by atoms with Crippen LogP contribution in [-0.2, 0) is 0 Å². The molecule has 0 atom stereocenters. The van der Waals surface area contributed by atoms with E-state index in [-0.39, 0.29) is 11.5 Å². The van der Waals surface area contributed by atoms with Crippen LogP contribution in [-0.4, -0.2) is 20.7 Å². The maximum absolute atomic E-state index is 11.5. The fourth-order valence-electron chi connectivity index (χ4n) is 3.07. The Kier molecular flexibility index (Phi) is 4.28. The van der Waals surface area contributed by atoms with Crippen LogP contribution in [0.5, 0.6) is 0 Å². The lowest BCUT2D eigenvalue weighted by Gasteiger charge is -2.13. The highest BCUT2D eigenvalue weighted by Gasteiger charge is 2.21. The number of aryl methyl sites for hydroxylation is 1. The fraction of sp³-hybridized carbons (Fsp3) is 0.222. The van der Waals surface area contributed by atoms with Crippen molar-refractivity contribution in [2.75, 3.05) is 0 Å². The van der Waals surface area contributed by atoms with E-state index in [1.54, 1.807) is 10.6 Å². The monoisotopic (exact) mass is 362 g/mol. The van der Waals surface area contributed by atoms with Crippen LogP contribution in [0, 0.1) is 6.92 Å². The summed E-state index contributed by atoms with van der Waals surface area (Å²) in [7, 11) is 0. The summed E-state index contributed by atoms with van der Waals surface area (Å²) >= 11 is 12.3. The Balaban J connectivity index is 2.38. The number of aromatic nitrogens is 2. The van der Waals surface area contributed by atoms with Gasteiger partial charge in [-0.15, -0.1) is 0 Å². The molecule has 0 fully saturated rings. The normalized spacial score (nSPS) is 11.4. The molecule has 2 aromatic heterocycles. The van der Waals surface area contributed by atoms with E-state index >= 15 is 0 Å². The van der Waals surface area contributed by atoms with Crippen molar-refractivity contribution in [2.24, 2.45) is 0 Å². The van der Waals surface area contributed by atoms with E-state index in [1.165, 1.54) is 6.20 Å². The van der Waals surface area contributed by atoms with Gasteiger partial charge in [0.1, 0.15) is 0 Å². The van der Waals surface area contributed by atoms with Gasteiger partial charge in [-0.1, -0.05) is 37.0 Å². The molecule has 124 valence electrons. The summed E-state index contributed by atoms with van der Waals surface area (Å²) < 4.78 is 1.76. The van der Waals surface area contributed by atoms with Gasteiger partial charge in [0.25, 0.3) is 0 Å². The summed E-state index contributed by atoms with van der Waals surface area (Å²) in [5, 5.41) is 14.9. The number of halogens is 2. The van der Waals surface area contributed by atoms with Gasteiger partial charge in [-0.2, -0.15) is 5.10 Å². The second kappa shape index (κ2) is 6.11. The van der Waals surface area contributed by atoms with Gasteiger partial charge in [-0.05, 0) is 48.2 Å². The van der Waals surface area contributed by atoms with Crippen molar-refractivity contribution in [3.63, 3.8) is 0 Å². The molecule has 1 aromatic carbocycles. The molecule has 4 nitrogen and oxygen atoms in total. The molecular formula is C18H16Cl2N2O2. The molecular weight excluding hydrogens is 347 g/mol. The molecule has 0 aliphatic rings. The number of carboxylic acid groups (broad SMARTS) is 1. The Bertz CT molecular complexity index is 941. The number of carboxylic acids is 1. The van der Waals surface area contributed by atoms with E-state index in [1.807, 2.05) is 39.0 Å². The zero-order valence-electron chi connectivity index (χ0n) is 13.5. The van der Waals surface area contributed by atoms with E-state index in [2.05, 4.69) is 5.10 Å². The number of hydrogen-bond donors (Lipinski definition) is 1. The average Bonchev–Trinajstić information content (AvgIpc) is 2.80. The molecule has 0 spiro atoms. The highest BCUT2D eigenvalue weighted by Crippen LogP contribution is 2.34. The summed E-state index contributed by atoms with van der Waals surface area (Å²) in [6, 6.07) is 7.28. The fourth-order valence-corrected chi connectivity index (χ4v) is 3.60. The Morgan fingerprint density at radius 2 is 1.79 bits per heavy atom. The Morgan fingerprint density at radius 3 is 2.33 bits per heavy atom. The standard InChI is InChI=1S/C18H16Cl2N2O2/c1-9(2)16-14(18(23)24)8-21-22-15(16)4-10(3)17(22)11-5-12(19)7-13(20)6-11/h4-9H,1-3H3,(H,23,24). The quantitative estimate of drug-likeness (QED) is 0.674. The molecule has 0 aliphatic heterocycles. The van der Waals surface area contributed by atoms with Crippen LogP contribution in [0.25, 0.3) is 16.8 Å². The molecule has 0 radical (unpaired) electrons. The maximum atomic E-state index is 11.5. The van der Waals surface area contributed by atoms with Gasteiger partial charge in [0.15, 0.2) is 0 Å². The largest absolute Gasteiger partial charge is 0.478 e. The van der Waals surface area contributed by atoms with Crippen LogP contribution in [0.4, 0.5) is 0 Å². The molecule has 3 aromatic rings. The van der Waals surface area contributed by atoms with Crippen molar-refractivity contribution in [3.05, 3.63) is 57.2 Å². The van der Waals surface area contributed by atoms with E-state index in [0.717, 1.165) is 27.9 Å². The molecule has 1 N–H and O–H groups in total. The number of hydrogen-bond acceptors (Lipinski definition) is 2. The zero-order valence-corrected chi connectivity index (χ0v) is 15.0. The van der Waals surface area contributed by atoms with Gasteiger partial charge in [-0.25, -0.2) is 9.31 Å². The van der Waals surface area contributed by atoms with E-state index < -0.39 is 5.97 Å². The van der Waals surface area contributed by atoms with Gasteiger partial charge >= 0.3 is 5.97 Å². The van der Waals surface area contributed by atoms with Crippen LogP contribution < -0.4 is 0 Å². The van der Waals surface area contributed by atoms with Crippen LogP contribution in [0.15, 0.2) is 30.5 Å². The van der Waals surface area contributed by atoms with E-state index in [9.17, 15) is 9.90 Å². The highest BCUT2D eigenvalue weighted by molar-refractivity contribution is 6.35. The third-order valence-corrected chi connectivity index (χ3v) is 4.42. The van der Waals surface area contributed by atoms with Crippen molar-refractivity contribution in [2.45, 2.75) is 26.7 Å². The Labute approximate surface area is 149 Å². The minimum atomic E-state index is -0.972. The molecule has 24 heavy (non-hydrogen) atoms. The summed E-state index contributed by atoms with van der Waals surface area (Å²) in [5.41, 5.74) is 4.45. The smallest absolute Gasteiger partial charge is 0.337 e. The first-order valence-electron chi connectivity index (χ1n) is 7.50. The summed E-state index contributed by atoms with van der Waals surface area (Å²) in [4.78, 5) is 11.5.